The highest BCUT2D eigenvalue weighted by atomic mass is 16.5. The lowest BCUT2D eigenvalue weighted by atomic mass is 10.0. The number of para-hydroxylation sites is 1. The summed E-state index contributed by atoms with van der Waals surface area (Å²) in [5.74, 6) is 1.63. The van der Waals surface area contributed by atoms with Crippen LogP contribution in [0.4, 0.5) is 5.69 Å². The Morgan fingerprint density at radius 1 is 0.939 bits per heavy atom. The zero-order valence-electron chi connectivity index (χ0n) is 19.0. The van der Waals surface area contributed by atoms with Gasteiger partial charge < -0.3 is 23.8 Å². The second-order valence-electron chi connectivity index (χ2n) is 8.33. The van der Waals surface area contributed by atoms with Crippen LogP contribution < -0.4 is 9.64 Å². The fourth-order valence-corrected chi connectivity index (χ4v) is 4.22. The van der Waals surface area contributed by atoms with Gasteiger partial charge in [0.1, 0.15) is 12.4 Å². The van der Waals surface area contributed by atoms with Gasteiger partial charge in [0.2, 0.25) is 0 Å². The lowest BCUT2D eigenvalue weighted by Gasteiger charge is -2.34. The SMILES string of the molecule is COc1ccccc1-c1nc(COCc2ccc3cccc(N4CCN(C)CC4)c3c2)no1. The molecule has 1 aromatic heterocycles. The van der Waals surface area contributed by atoms with E-state index >= 15 is 0 Å². The topological polar surface area (TPSA) is 63.9 Å². The van der Waals surface area contributed by atoms with Crippen molar-refractivity contribution in [3.8, 4) is 17.2 Å². The molecule has 7 heteroatoms. The van der Waals surface area contributed by atoms with E-state index in [1.165, 1.54) is 16.5 Å². The van der Waals surface area contributed by atoms with Crippen molar-refractivity contribution in [1.82, 2.24) is 15.0 Å². The zero-order chi connectivity index (χ0) is 22.6. The minimum absolute atomic E-state index is 0.275. The first-order valence-electron chi connectivity index (χ1n) is 11.2. The van der Waals surface area contributed by atoms with E-state index in [1.54, 1.807) is 7.11 Å². The third-order valence-electron chi connectivity index (χ3n) is 6.07. The van der Waals surface area contributed by atoms with E-state index in [4.69, 9.17) is 14.0 Å². The molecule has 0 atom stereocenters. The molecular weight excluding hydrogens is 416 g/mol. The molecule has 4 aromatic rings. The summed E-state index contributed by atoms with van der Waals surface area (Å²) in [5, 5.41) is 6.56. The van der Waals surface area contributed by atoms with Gasteiger partial charge in [0, 0.05) is 37.3 Å². The lowest BCUT2D eigenvalue weighted by molar-refractivity contribution is 0.100. The van der Waals surface area contributed by atoms with E-state index in [2.05, 4.69) is 63.4 Å². The number of hydrogen-bond donors (Lipinski definition) is 0. The van der Waals surface area contributed by atoms with Gasteiger partial charge in [-0.2, -0.15) is 4.98 Å². The zero-order valence-corrected chi connectivity index (χ0v) is 19.0. The quantitative estimate of drug-likeness (QED) is 0.419. The highest BCUT2D eigenvalue weighted by Gasteiger charge is 2.17. The second-order valence-corrected chi connectivity index (χ2v) is 8.33. The first kappa shape index (κ1) is 21.4. The second kappa shape index (κ2) is 9.60. The average Bonchev–Trinajstić information content (AvgIpc) is 3.33. The molecule has 0 spiro atoms. The molecule has 170 valence electrons. The first-order valence-corrected chi connectivity index (χ1v) is 11.2. The molecule has 33 heavy (non-hydrogen) atoms. The molecule has 0 unspecified atom stereocenters. The van der Waals surface area contributed by atoms with Crippen LogP contribution in [0.2, 0.25) is 0 Å². The largest absolute Gasteiger partial charge is 0.496 e. The molecule has 0 saturated carbocycles. The predicted molar refractivity (Wildman–Crippen MR) is 128 cm³/mol. The molecule has 1 fully saturated rings. The van der Waals surface area contributed by atoms with Crippen molar-refractivity contribution in [3.63, 3.8) is 0 Å². The number of hydrogen-bond acceptors (Lipinski definition) is 7. The molecule has 1 aliphatic rings. The molecule has 0 bridgehead atoms. The maximum absolute atomic E-state index is 5.92. The van der Waals surface area contributed by atoms with Crippen molar-refractivity contribution in [2.45, 2.75) is 13.2 Å². The van der Waals surface area contributed by atoms with Crippen molar-refractivity contribution in [2.75, 3.05) is 45.2 Å². The summed E-state index contributed by atoms with van der Waals surface area (Å²) >= 11 is 0. The molecule has 0 radical (unpaired) electrons. The predicted octanol–water partition coefficient (Wildman–Crippen LogP) is 4.37. The summed E-state index contributed by atoms with van der Waals surface area (Å²) in [4.78, 5) is 9.31. The lowest BCUT2D eigenvalue weighted by Crippen LogP contribution is -2.44. The average molecular weight is 445 g/mol. The summed E-state index contributed by atoms with van der Waals surface area (Å²) < 4.78 is 16.7. The molecule has 1 aliphatic heterocycles. The van der Waals surface area contributed by atoms with Crippen LogP contribution in [-0.4, -0.2) is 55.4 Å². The number of nitrogens with zero attached hydrogens (tertiary/aromatic N) is 4. The number of methoxy groups -OCH3 is 1. The van der Waals surface area contributed by atoms with Gasteiger partial charge in [0.25, 0.3) is 5.89 Å². The van der Waals surface area contributed by atoms with Crippen LogP contribution in [0.3, 0.4) is 0 Å². The van der Waals surface area contributed by atoms with Crippen molar-refractivity contribution in [2.24, 2.45) is 0 Å². The Balaban J connectivity index is 1.27. The molecule has 0 aliphatic carbocycles. The molecular formula is C26H28N4O3. The van der Waals surface area contributed by atoms with E-state index in [1.807, 2.05) is 24.3 Å². The Kier molecular flexibility index (Phi) is 6.24. The van der Waals surface area contributed by atoms with Crippen LogP contribution in [0, 0.1) is 0 Å². The Morgan fingerprint density at radius 3 is 2.64 bits per heavy atom. The van der Waals surface area contributed by atoms with Crippen LogP contribution in [0.15, 0.2) is 65.2 Å². The fraction of sp³-hybridized carbons (Fsp3) is 0.308. The number of piperazine rings is 1. The summed E-state index contributed by atoms with van der Waals surface area (Å²) in [5.41, 5.74) is 3.18. The summed E-state index contributed by atoms with van der Waals surface area (Å²) in [7, 11) is 3.80. The van der Waals surface area contributed by atoms with Crippen LogP contribution in [0.25, 0.3) is 22.2 Å². The number of ether oxygens (including phenoxy) is 2. The van der Waals surface area contributed by atoms with Crippen LogP contribution in [0.5, 0.6) is 5.75 Å². The van der Waals surface area contributed by atoms with Crippen LogP contribution >= 0.6 is 0 Å². The smallest absolute Gasteiger partial charge is 0.261 e. The summed E-state index contributed by atoms with van der Waals surface area (Å²) in [6.07, 6.45) is 0. The molecule has 0 amide bonds. The van der Waals surface area contributed by atoms with Crippen LogP contribution in [-0.2, 0) is 18.0 Å². The maximum Gasteiger partial charge on any atom is 0.261 e. The minimum atomic E-state index is 0.275. The van der Waals surface area contributed by atoms with Crippen molar-refractivity contribution < 1.29 is 14.0 Å². The molecule has 0 N–H and O–H groups in total. The Labute approximate surface area is 193 Å². The van der Waals surface area contributed by atoms with Gasteiger partial charge in [-0.25, -0.2) is 0 Å². The van der Waals surface area contributed by atoms with Gasteiger partial charge in [-0.3, -0.25) is 0 Å². The Hall–Kier alpha value is -3.42. The standard InChI is InChI=1S/C26H28N4O3/c1-29-12-14-30(15-13-29)23-8-5-6-20-11-10-19(16-22(20)23)17-32-18-25-27-26(33-28-25)21-7-3-4-9-24(21)31-2/h3-11,16H,12-15,17-18H2,1-2H3. The van der Waals surface area contributed by atoms with Gasteiger partial charge >= 0.3 is 0 Å². The molecule has 5 rings (SSSR count). The summed E-state index contributed by atoms with van der Waals surface area (Å²) in [6, 6.07) is 20.6. The van der Waals surface area contributed by atoms with Gasteiger partial charge in [-0.05, 0) is 42.3 Å². The van der Waals surface area contributed by atoms with E-state index in [9.17, 15) is 0 Å². The normalized spacial score (nSPS) is 14.7. The first-order chi connectivity index (χ1) is 16.2. The van der Waals surface area contributed by atoms with Crippen molar-refractivity contribution >= 4 is 16.5 Å². The molecule has 1 saturated heterocycles. The Bertz CT molecular complexity index is 1230. The minimum Gasteiger partial charge on any atom is -0.496 e. The Morgan fingerprint density at radius 2 is 1.79 bits per heavy atom. The number of benzene rings is 3. The highest BCUT2D eigenvalue weighted by Crippen LogP contribution is 2.30. The van der Waals surface area contributed by atoms with E-state index in [0.29, 0.717) is 24.1 Å². The van der Waals surface area contributed by atoms with E-state index in [-0.39, 0.29) is 6.61 Å². The highest BCUT2D eigenvalue weighted by molar-refractivity contribution is 5.94. The monoisotopic (exact) mass is 444 g/mol. The van der Waals surface area contributed by atoms with Crippen LogP contribution in [0.1, 0.15) is 11.4 Å². The third-order valence-corrected chi connectivity index (χ3v) is 6.07. The number of anilines is 1. The van der Waals surface area contributed by atoms with Gasteiger partial charge in [-0.1, -0.05) is 41.6 Å². The maximum atomic E-state index is 5.92. The van der Waals surface area contributed by atoms with Gasteiger partial charge in [0.05, 0.1) is 19.3 Å². The molecule has 3 aromatic carbocycles. The fourth-order valence-electron chi connectivity index (χ4n) is 4.22. The van der Waals surface area contributed by atoms with Crippen molar-refractivity contribution in [3.05, 3.63) is 72.1 Å². The number of rotatable bonds is 7. The number of aromatic nitrogens is 2. The van der Waals surface area contributed by atoms with Crippen molar-refractivity contribution in [1.29, 1.82) is 0 Å². The van der Waals surface area contributed by atoms with Gasteiger partial charge in [0.15, 0.2) is 5.82 Å². The van der Waals surface area contributed by atoms with E-state index < -0.39 is 0 Å². The van der Waals surface area contributed by atoms with Gasteiger partial charge in [-0.15, -0.1) is 0 Å². The molecule has 7 nitrogen and oxygen atoms in total. The number of likely N-dealkylation sites (N-methyl/N-ethyl adjacent to an activating group) is 1. The number of fused-ring (bicyclic) bond motifs is 1. The van der Waals surface area contributed by atoms with E-state index in [0.717, 1.165) is 37.3 Å². The third kappa shape index (κ3) is 4.69. The summed E-state index contributed by atoms with van der Waals surface area (Å²) in [6.45, 7) is 5.01. The molecule has 2 heterocycles.